The Morgan fingerprint density at radius 3 is 2.71 bits per heavy atom. The van der Waals surface area contributed by atoms with Gasteiger partial charge in [0.15, 0.2) is 0 Å². The number of aromatic amines is 1. The summed E-state index contributed by atoms with van der Waals surface area (Å²) in [5.41, 5.74) is 1.51. The van der Waals surface area contributed by atoms with Crippen molar-refractivity contribution in [3.63, 3.8) is 0 Å². The number of aryl methyl sites for hydroxylation is 1. The minimum Gasteiger partial charge on any atom is -0.464 e. The van der Waals surface area contributed by atoms with Crippen molar-refractivity contribution >= 4 is 27.6 Å². The molecule has 4 heteroatoms. The highest BCUT2D eigenvalue weighted by molar-refractivity contribution is 6.09. The summed E-state index contributed by atoms with van der Waals surface area (Å²) in [6.45, 7) is 3.80. The maximum atomic E-state index is 12.6. The molecule has 0 aliphatic heterocycles. The normalized spacial score (nSPS) is 12.6. The Morgan fingerprint density at radius 2 is 1.92 bits per heavy atom. The summed E-state index contributed by atoms with van der Waals surface area (Å²) in [7, 11) is 0. The smallest absolute Gasteiger partial charge is 0.268 e. The van der Waals surface area contributed by atoms with Gasteiger partial charge in [0.2, 0.25) is 0 Å². The van der Waals surface area contributed by atoms with E-state index in [9.17, 15) is 4.79 Å². The Balaban J connectivity index is 1.66. The summed E-state index contributed by atoms with van der Waals surface area (Å²) >= 11 is 0. The number of carbonyl (C=O) groups excluding carboxylic acids is 1. The quantitative estimate of drug-likeness (QED) is 0.574. The van der Waals surface area contributed by atoms with Crippen molar-refractivity contribution in [1.82, 2.24) is 10.3 Å². The predicted octanol–water partition coefficient (Wildman–Crippen LogP) is 4.71. The van der Waals surface area contributed by atoms with Crippen LogP contribution in [0.1, 0.15) is 35.0 Å². The van der Waals surface area contributed by atoms with Gasteiger partial charge in [-0.3, -0.25) is 4.79 Å². The number of furan rings is 1. The first kappa shape index (κ1) is 14.6. The zero-order valence-electron chi connectivity index (χ0n) is 13.6. The molecule has 2 aromatic carbocycles. The van der Waals surface area contributed by atoms with E-state index in [1.807, 2.05) is 50.2 Å². The molecule has 2 heterocycles. The number of hydrogen-bond acceptors (Lipinski definition) is 2. The Bertz CT molecular complexity index is 1040. The van der Waals surface area contributed by atoms with Crippen molar-refractivity contribution in [2.45, 2.75) is 19.9 Å². The van der Waals surface area contributed by atoms with Crippen LogP contribution in [-0.4, -0.2) is 10.9 Å². The molecular formula is C20H18N2O2. The van der Waals surface area contributed by atoms with Crippen molar-refractivity contribution in [3.05, 3.63) is 71.8 Å². The number of nitrogens with one attached hydrogen (secondary N) is 2. The van der Waals surface area contributed by atoms with Gasteiger partial charge in [0, 0.05) is 10.9 Å². The van der Waals surface area contributed by atoms with Gasteiger partial charge in [0.05, 0.1) is 6.04 Å². The van der Waals surface area contributed by atoms with Crippen LogP contribution in [0.4, 0.5) is 0 Å². The highest BCUT2D eigenvalue weighted by Crippen LogP contribution is 2.26. The van der Waals surface area contributed by atoms with Gasteiger partial charge in [-0.05, 0) is 48.9 Å². The van der Waals surface area contributed by atoms with Crippen LogP contribution in [0.15, 0.2) is 59.0 Å². The lowest BCUT2D eigenvalue weighted by Crippen LogP contribution is -2.26. The van der Waals surface area contributed by atoms with Gasteiger partial charge in [0.25, 0.3) is 5.91 Å². The van der Waals surface area contributed by atoms with Gasteiger partial charge in [-0.1, -0.05) is 30.3 Å². The fourth-order valence-corrected chi connectivity index (χ4v) is 3.04. The lowest BCUT2D eigenvalue weighted by molar-refractivity contribution is 0.0931. The van der Waals surface area contributed by atoms with Gasteiger partial charge in [-0.15, -0.1) is 0 Å². The van der Waals surface area contributed by atoms with Crippen LogP contribution in [0.25, 0.3) is 21.7 Å². The first-order valence-electron chi connectivity index (χ1n) is 7.99. The Labute approximate surface area is 139 Å². The average Bonchev–Trinajstić information content (AvgIpc) is 3.21. The molecule has 0 radical (unpaired) electrons. The Kier molecular flexibility index (Phi) is 3.38. The zero-order valence-corrected chi connectivity index (χ0v) is 13.6. The fraction of sp³-hybridized carbons (Fsp3) is 0.150. The van der Waals surface area contributed by atoms with E-state index >= 15 is 0 Å². The molecule has 0 spiro atoms. The molecule has 0 bridgehead atoms. The second-order valence-electron chi connectivity index (χ2n) is 6.07. The van der Waals surface area contributed by atoms with Gasteiger partial charge in [0.1, 0.15) is 17.2 Å². The van der Waals surface area contributed by atoms with Crippen LogP contribution in [-0.2, 0) is 0 Å². The molecule has 0 aliphatic rings. The summed E-state index contributed by atoms with van der Waals surface area (Å²) in [4.78, 5) is 15.8. The molecule has 1 amide bonds. The third-order valence-corrected chi connectivity index (χ3v) is 4.31. The molecule has 4 rings (SSSR count). The molecule has 4 nitrogen and oxygen atoms in total. The summed E-state index contributed by atoms with van der Waals surface area (Å²) < 4.78 is 5.57. The lowest BCUT2D eigenvalue weighted by atomic mass is 10.1. The van der Waals surface area contributed by atoms with Crippen LogP contribution in [0.5, 0.6) is 0 Å². The number of fused-ring (bicyclic) bond motifs is 3. The summed E-state index contributed by atoms with van der Waals surface area (Å²) in [6, 6.07) is 17.7. The average molecular weight is 318 g/mol. The van der Waals surface area contributed by atoms with Crippen molar-refractivity contribution in [1.29, 1.82) is 0 Å². The lowest BCUT2D eigenvalue weighted by Gasteiger charge is -2.10. The maximum Gasteiger partial charge on any atom is 0.268 e. The summed E-state index contributed by atoms with van der Waals surface area (Å²) in [5, 5.41) is 6.33. The molecule has 0 fully saturated rings. The van der Waals surface area contributed by atoms with Crippen molar-refractivity contribution in [3.8, 4) is 0 Å². The first-order chi connectivity index (χ1) is 11.6. The number of rotatable bonds is 3. The van der Waals surface area contributed by atoms with Crippen molar-refractivity contribution in [2.24, 2.45) is 0 Å². The van der Waals surface area contributed by atoms with Crippen LogP contribution < -0.4 is 5.32 Å². The van der Waals surface area contributed by atoms with Gasteiger partial charge in [-0.25, -0.2) is 0 Å². The second-order valence-corrected chi connectivity index (χ2v) is 6.07. The van der Waals surface area contributed by atoms with Crippen LogP contribution >= 0.6 is 0 Å². The van der Waals surface area contributed by atoms with Crippen molar-refractivity contribution < 1.29 is 9.21 Å². The Morgan fingerprint density at radius 1 is 1.08 bits per heavy atom. The van der Waals surface area contributed by atoms with Crippen molar-refractivity contribution in [2.75, 3.05) is 0 Å². The predicted molar refractivity (Wildman–Crippen MR) is 95.1 cm³/mol. The Hall–Kier alpha value is -3.01. The van der Waals surface area contributed by atoms with E-state index in [0.717, 1.165) is 33.2 Å². The van der Waals surface area contributed by atoms with E-state index in [4.69, 9.17) is 4.42 Å². The fourth-order valence-electron chi connectivity index (χ4n) is 3.04. The molecule has 120 valence electrons. The largest absolute Gasteiger partial charge is 0.464 e. The molecule has 0 aliphatic carbocycles. The standard InChI is InChI=1S/C20H18N2O2/c1-12-7-10-19(24-12)13(2)21-20(23)18-11-16-15-6-4-3-5-14(15)8-9-17(16)22-18/h3-11,13,22H,1-2H3,(H,21,23)/t13-/m0/s1. The molecule has 0 unspecified atom stereocenters. The SMILES string of the molecule is Cc1ccc([C@H](C)NC(=O)c2cc3c(ccc4ccccc43)[nH]2)o1. The van der Waals surface area contributed by atoms with E-state index in [0.29, 0.717) is 5.69 Å². The van der Waals surface area contributed by atoms with E-state index in [-0.39, 0.29) is 11.9 Å². The monoisotopic (exact) mass is 318 g/mol. The molecule has 0 saturated heterocycles. The number of aromatic nitrogens is 1. The molecule has 2 N–H and O–H groups in total. The van der Waals surface area contributed by atoms with E-state index in [2.05, 4.69) is 28.5 Å². The zero-order chi connectivity index (χ0) is 16.7. The van der Waals surface area contributed by atoms with Gasteiger partial charge in [-0.2, -0.15) is 0 Å². The van der Waals surface area contributed by atoms with Crippen LogP contribution in [0.2, 0.25) is 0 Å². The topological polar surface area (TPSA) is 58.0 Å². The molecule has 1 atom stereocenters. The summed E-state index contributed by atoms with van der Waals surface area (Å²) in [6.07, 6.45) is 0. The first-order valence-corrected chi connectivity index (χ1v) is 7.99. The third kappa shape index (κ3) is 2.46. The molecule has 4 aromatic rings. The second kappa shape index (κ2) is 5.57. The highest BCUT2D eigenvalue weighted by Gasteiger charge is 2.16. The minimum atomic E-state index is -0.186. The highest BCUT2D eigenvalue weighted by atomic mass is 16.3. The molecule has 24 heavy (non-hydrogen) atoms. The van der Waals surface area contributed by atoms with E-state index < -0.39 is 0 Å². The van der Waals surface area contributed by atoms with Crippen LogP contribution in [0.3, 0.4) is 0 Å². The number of hydrogen-bond donors (Lipinski definition) is 2. The number of H-pyrrole nitrogens is 1. The van der Waals surface area contributed by atoms with Gasteiger partial charge >= 0.3 is 0 Å². The van der Waals surface area contributed by atoms with E-state index in [1.165, 1.54) is 0 Å². The van der Waals surface area contributed by atoms with Crippen LogP contribution in [0, 0.1) is 6.92 Å². The minimum absolute atomic E-state index is 0.142. The summed E-state index contributed by atoms with van der Waals surface area (Å²) in [5.74, 6) is 1.45. The van der Waals surface area contributed by atoms with E-state index in [1.54, 1.807) is 0 Å². The molecule has 2 aromatic heterocycles. The third-order valence-electron chi connectivity index (χ3n) is 4.31. The number of benzene rings is 2. The number of carbonyl (C=O) groups is 1. The molecular weight excluding hydrogens is 300 g/mol. The number of amides is 1. The maximum absolute atomic E-state index is 12.6. The molecule has 0 saturated carbocycles. The van der Waals surface area contributed by atoms with Gasteiger partial charge < -0.3 is 14.7 Å².